The minimum atomic E-state index is -0.701. The van der Waals surface area contributed by atoms with E-state index in [9.17, 15) is 19.2 Å². The standard InChI is InChI=1S/C48H82N2O8S/c1-5-7-9-11-13-15-17-19-21-23-25-27-29-31-33-35-47(53)55-39-43(57-41(3)51)37-45-49-50-46(59-45)38-44(58-42(4)52)40-56-48(54)36-34-32-30-28-26-24-22-20-18-16-14-12-10-8-6-2/h19-22,43-44H,5-18,23-40H2,1-4H3. The van der Waals surface area contributed by atoms with Gasteiger partial charge in [0, 0.05) is 39.5 Å². The number of ether oxygens (including phenoxy) is 4. The summed E-state index contributed by atoms with van der Waals surface area (Å²) in [6.45, 7) is 6.99. The van der Waals surface area contributed by atoms with Crippen molar-refractivity contribution in [3.05, 3.63) is 34.3 Å². The van der Waals surface area contributed by atoms with E-state index >= 15 is 0 Å². The molecule has 0 aliphatic heterocycles. The molecule has 0 aliphatic rings. The van der Waals surface area contributed by atoms with Crippen molar-refractivity contribution in [3.63, 3.8) is 0 Å². The van der Waals surface area contributed by atoms with Crippen molar-refractivity contribution in [2.24, 2.45) is 0 Å². The lowest BCUT2D eigenvalue weighted by molar-refractivity contribution is -0.157. The van der Waals surface area contributed by atoms with E-state index in [1.165, 1.54) is 128 Å². The van der Waals surface area contributed by atoms with Crippen LogP contribution in [0.25, 0.3) is 0 Å². The molecule has 0 N–H and O–H groups in total. The van der Waals surface area contributed by atoms with Crippen molar-refractivity contribution in [2.75, 3.05) is 13.2 Å². The molecule has 0 radical (unpaired) electrons. The Morgan fingerprint density at radius 2 is 0.780 bits per heavy atom. The maximum absolute atomic E-state index is 12.4. The second kappa shape index (κ2) is 39.1. The average Bonchev–Trinajstić information content (AvgIpc) is 3.64. The lowest BCUT2D eigenvalue weighted by Gasteiger charge is -2.16. The summed E-state index contributed by atoms with van der Waals surface area (Å²) in [5, 5.41) is 9.62. The Bertz CT molecular complexity index is 1170. The highest BCUT2D eigenvalue weighted by molar-refractivity contribution is 7.11. The molecule has 0 saturated carbocycles. The van der Waals surface area contributed by atoms with Gasteiger partial charge in [-0.1, -0.05) is 141 Å². The number of hydrogen-bond acceptors (Lipinski definition) is 11. The molecule has 0 amide bonds. The zero-order valence-electron chi connectivity index (χ0n) is 37.7. The van der Waals surface area contributed by atoms with Gasteiger partial charge in [0.05, 0.1) is 0 Å². The summed E-state index contributed by atoms with van der Waals surface area (Å²) in [5.74, 6) is -1.58. The van der Waals surface area contributed by atoms with Gasteiger partial charge in [0.2, 0.25) is 0 Å². The third-order valence-corrected chi connectivity index (χ3v) is 11.1. The highest BCUT2D eigenvalue weighted by Gasteiger charge is 2.22. The molecule has 1 heterocycles. The van der Waals surface area contributed by atoms with Crippen LogP contribution in [0.2, 0.25) is 0 Å². The van der Waals surface area contributed by atoms with Gasteiger partial charge in [0.15, 0.2) is 0 Å². The van der Waals surface area contributed by atoms with E-state index in [-0.39, 0.29) is 38.0 Å². The minimum Gasteiger partial charge on any atom is -0.462 e. The van der Waals surface area contributed by atoms with Crippen LogP contribution in [0.5, 0.6) is 0 Å². The summed E-state index contributed by atoms with van der Waals surface area (Å²) < 4.78 is 21.8. The lowest BCUT2D eigenvalue weighted by atomic mass is 10.1. The highest BCUT2D eigenvalue weighted by Crippen LogP contribution is 2.18. The molecule has 2 atom stereocenters. The van der Waals surface area contributed by atoms with E-state index in [0.717, 1.165) is 64.2 Å². The Hall–Kier alpha value is -3.08. The predicted molar refractivity (Wildman–Crippen MR) is 239 cm³/mol. The van der Waals surface area contributed by atoms with Crippen molar-refractivity contribution in [1.29, 1.82) is 0 Å². The zero-order chi connectivity index (χ0) is 43.0. The molecule has 11 heteroatoms. The molecule has 1 aromatic heterocycles. The van der Waals surface area contributed by atoms with Gasteiger partial charge >= 0.3 is 23.9 Å². The smallest absolute Gasteiger partial charge is 0.305 e. The molecule has 1 aromatic rings. The molecule has 0 spiro atoms. The number of allylic oxidation sites excluding steroid dienone is 4. The highest BCUT2D eigenvalue weighted by atomic mass is 32.1. The molecule has 1 rings (SSSR count). The van der Waals surface area contributed by atoms with Gasteiger partial charge in [0.25, 0.3) is 0 Å². The van der Waals surface area contributed by atoms with Crippen LogP contribution in [0, 0.1) is 0 Å². The largest absolute Gasteiger partial charge is 0.462 e. The summed E-state index contributed by atoms with van der Waals surface area (Å²) >= 11 is 1.28. The van der Waals surface area contributed by atoms with Crippen LogP contribution in [-0.2, 0) is 51.0 Å². The number of esters is 4. The average molecular weight is 847 g/mol. The van der Waals surface area contributed by atoms with E-state index in [0.29, 0.717) is 22.9 Å². The summed E-state index contributed by atoms with van der Waals surface area (Å²) in [7, 11) is 0. The van der Waals surface area contributed by atoms with Gasteiger partial charge in [-0.25, -0.2) is 0 Å². The molecular weight excluding hydrogens is 765 g/mol. The predicted octanol–water partition coefficient (Wildman–Crippen LogP) is 12.6. The fourth-order valence-electron chi connectivity index (χ4n) is 6.78. The number of rotatable bonds is 40. The van der Waals surface area contributed by atoms with Crippen LogP contribution in [-0.4, -0.2) is 59.5 Å². The molecule has 10 nitrogen and oxygen atoms in total. The molecule has 2 unspecified atom stereocenters. The second-order valence-electron chi connectivity index (χ2n) is 16.0. The maximum atomic E-state index is 12.4. The van der Waals surface area contributed by atoms with Crippen LogP contribution >= 0.6 is 11.3 Å². The first-order chi connectivity index (χ1) is 28.7. The number of hydrogen-bond donors (Lipinski definition) is 0. The molecule has 59 heavy (non-hydrogen) atoms. The van der Waals surface area contributed by atoms with Gasteiger partial charge in [-0.15, -0.1) is 21.5 Å². The number of carbonyl (C=O) groups is 4. The monoisotopic (exact) mass is 847 g/mol. The third-order valence-electron chi connectivity index (χ3n) is 10.1. The van der Waals surface area contributed by atoms with E-state index in [1.54, 1.807) is 0 Å². The van der Waals surface area contributed by atoms with Gasteiger partial charge in [-0.05, 0) is 64.2 Å². The Morgan fingerprint density at radius 3 is 1.10 bits per heavy atom. The van der Waals surface area contributed by atoms with Crippen LogP contribution in [0.1, 0.15) is 217 Å². The number of aromatic nitrogens is 2. The molecule has 0 bridgehead atoms. The lowest BCUT2D eigenvalue weighted by Crippen LogP contribution is -2.26. The van der Waals surface area contributed by atoms with E-state index in [4.69, 9.17) is 18.9 Å². The van der Waals surface area contributed by atoms with Gasteiger partial charge < -0.3 is 18.9 Å². The van der Waals surface area contributed by atoms with Crippen molar-refractivity contribution in [3.8, 4) is 0 Å². The SMILES string of the molecule is CCCCCCCCC=CCCCCCCCC(=O)OCC(Cc1nnc(CC(COC(=O)CCCCCCCC=CCCCCCCCC)OC(C)=O)s1)OC(C)=O. The first kappa shape index (κ1) is 53.9. The molecule has 338 valence electrons. The molecule has 0 aromatic carbocycles. The Morgan fingerprint density at radius 1 is 0.475 bits per heavy atom. The minimum absolute atomic E-state index is 0.0683. The first-order valence-electron chi connectivity index (χ1n) is 23.5. The topological polar surface area (TPSA) is 131 Å². The van der Waals surface area contributed by atoms with Gasteiger partial charge in [-0.3, -0.25) is 19.2 Å². The van der Waals surface area contributed by atoms with Crippen molar-refractivity contribution < 1.29 is 38.1 Å². The van der Waals surface area contributed by atoms with Gasteiger partial charge in [0.1, 0.15) is 35.4 Å². The maximum Gasteiger partial charge on any atom is 0.305 e. The van der Waals surface area contributed by atoms with Crippen LogP contribution < -0.4 is 0 Å². The van der Waals surface area contributed by atoms with E-state index in [2.05, 4.69) is 48.3 Å². The fraction of sp³-hybridized carbons (Fsp3) is 0.792. The second-order valence-corrected chi connectivity index (χ2v) is 17.1. The van der Waals surface area contributed by atoms with Crippen LogP contribution in [0.4, 0.5) is 0 Å². The summed E-state index contributed by atoms with van der Waals surface area (Å²) in [4.78, 5) is 48.5. The van der Waals surface area contributed by atoms with Crippen LogP contribution in [0.3, 0.4) is 0 Å². The zero-order valence-corrected chi connectivity index (χ0v) is 38.5. The molecule has 0 saturated heterocycles. The summed E-state index contributed by atoms with van der Waals surface area (Å²) in [5.41, 5.74) is 0. The number of unbranched alkanes of at least 4 members (excludes halogenated alkanes) is 22. The quantitative estimate of drug-likeness (QED) is 0.0272. The van der Waals surface area contributed by atoms with Crippen molar-refractivity contribution >= 4 is 35.2 Å². The fourth-order valence-corrected chi connectivity index (χ4v) is 7.75. The van der Waals surface area contributed by atoms with E-state index in [1.807, 2.05) is 0 Å². The van der Waals surface area contributed by atoms with Crippen LogP contribution in [0.15, 0.2) is 24.3 Å². The number of carbonyl (C=O) groups excluding carboxylic acids is 4. The Kier molecular flexibility index (Phi) is 35.7. The Labute approximate surface area is 362 Å². The first-order valence-corrected chi connectivity index (χ1v) is 24.3. The Balaban J connectivity index is 2.29. The van der Waals surface area contributed by atoms with E-state index < -0.39 is 24.1 Å². The third kappa shape index (κ3) is 35.4. The molecular formula is C48H82N2O8S. The van der Waals surface area contributed by atoms with Crippen molar-refractivity contribution in [2.45, 2.75) is 233 Å². The molecule has 0 aliphatic carbocycles. The normalized spacial score (nSPS) is 12.5. The summed E-state index contributed by atoms with van der Waals surface area (Å²) in [6.07, 6.45) is 39.9. The molecule has 0 fully saturated rings. The summed E-state index contributed by atoms with van der Waals surface area (Å²) in [6, 6.07) is 0. The number of nitrogens with zero attached hydrogens (tertiary/aromatic N) is 2. The van der Waals surface area contributed by atoms with Crippen molar-refractivity contribution in [1.82, 2.24) is 10.2 Å². The van der Waals surface area contributed by atoms with Gasteiger partial charge in [-0.2, -0.15) is 0 Å².